The predicted octanol–water partition coefficient (Wildman–Crippen LogP) is 2.65. The first-order chi connectivity index (χ1) is 13.1. The first-order valence-electron chi connectivity index (χ1n) is 9.75. The third-order valence-electron chi connectivity index (χ3n) is 5.34. The van der Waals surface area contributed by atoms with Crippen molar-refractivity contribution in [2.24, 2.45) is 4.99 Å². The van der Waals surface area contributed by atoms with Crippen molar-refractivity contribution in [2.45, 2.75) is 30.6 Å². The molecule has 2 atom stereocenters. The third kappa shape index (κ3) is 5.83. The number of rotatable bonds is 6. The van der Waals surface area contributed by atoms with Crippen molar-refractivity contribution in [2.75, 3.05) is 52.2 Å². The van der Waals surface area contributed by atoms with Crippen LogP contribution in [0, 0.1) is 5.82 Å². The summed E-state index contributed by atoms with van der Waals surface area (Å²) in [7, 11) is 1.80. The molecule has 1 aromatic carbocycles. The zero-order valence-electron chi connectivity index (χ0n) is 16.3. The largest absolute Gasteiger partial charge is 0.379 e. The average Bonchev–Trinajstić information content (AvgIpc) is 3.12. The smallest absolute Gasteiger partial charge is 0.191 e. The van der Waals surface area contributed by atoms with E-state index in [4.69, 9.17) is 4.74 Å². The van der Waals surface area contributed by atoms with Gasteiger partial charge >= 0.3 is 0 Å². The molecular formula is C20H31FN4OS. The van der Waals surface area contributed by atoms with Crippen molar-refractivity contribution < 1.29 is 9.13 Å². The van der Waals surface area contributed by atoms with E-state index in [1.165, 1.54) is 24.7 Å². The lowest BCUT2D eigenvalue weighted by Gasteiger charge is -2.35. The molecule has 5 nitrogen and oxygen atoms in total. The van der Waals surface area contributed by atoms with Crippen LogP contribution in [0.25, 0.3) is 0 Å². The van der Waals surface area contributed by atoms with E-state index in [0.717, 1.165) is 31.2 Å². The molecule has 0 spiro atoms. The molecule has 2 saturated heterocycles. The number of hydrogen-bond acceptors (Lipinski definition) is 4. The van der Waals surface area contributed by atoms with E-state index in [1.54, 1.807) is 19.2 Å². The van der Waals surface area contributed by atoms with E-state index >= 15 is 0 Å². The van der Waals surface area contributed by atoms with Gasteiger partial charge in [-0.1, -0.05) is 12.1 Å². The number of morpholine rings is 1. The molecule has 0 aromatic heterocycles. The molecule has 0 radical (unpaired) electrons. The van der Waals surface area contributed by atoms with Crippen LogP contribution in [0.1, 0.15) is 31.4 Å². The molecule has 7 heteroatoms. The van der Waals surface area contributed by atoms with Crippen LogP contribution in [0.5, 0.6) is 0 Å². The summed E-state index contributed by atoms with van der Waals surface area (Å²) < 4.78 is 19.6. The molecule has 150 valence electrons. The van der Waals surface area contributed by atoms with Crippen LogP contribution in [-0.4, -0.2) is 67.8 Å². The van der Waals surface area contributed by atoms with Gasteiger partial charge < -0.3 is 15.4 Å². The van der Waals surface area contributed by atoms with E-state index in [-0.39, 0.29) is 16.6 Å². The Morgan fingerprint density at radius 1 is 1.37 bits per heavy atom. The van der Waals surface area contributed by atoms with Crippen LogP contribution >= 0.6 is 11.8 Å². The predicted molar refractivity (Wildman–Crippen MR) is 111 cm³/mol. The van der Waals surface area contributed by atoms with Crippen molar-refractivity contribution >= 4 is 17.7 Å². The Labute approximate surface area is 166 Å². The van der Waals surface area contributed by atoms with Crippen LogP contribution in [0.15, 0.2) is 29.3 Å². The van der Waals surface area contributed by atoms with Gasteiger partial charge in [-0.15, -0.1) is 0 Å². The number of guanidine groups is 1. The van der Waals surface area contributed by atoms with E-state index in [0.29, 0.717) is 19.8 Å². The maximum atomic E-state index is 13.8. The molecule has 0 aliphatic carbocycles. The number of nitrogens with zero attached hydrogens (tertiary/aromatic N) is 2. The monoisotopic (exact) mass is 394 g/mol. The number of nitrogens with one attached hydrogen (secondary N) is 2. The van der Waals surface area contributed by atoms with Crippen molar-refractivity contribution in [3.63, 3.8) is 0 Å². The Bertz CT molecular complexity index is 630. The van der Waals surface area contributed by atoms with Crippen LogP contribution in [0.2, 0.25) is 0 Å². The lowest BCUT2D eigenvalue weighted by Crippen LogP contribution is -2.48. The van der Waals surface area contributed by atoms with Gasteiger partial charge in [0.15, 0.2) is 5.96 Å². The highest BCUT2D eigenvalue weighted by Gasteiger charge is 2.29. The minimum Gasteiger partial charge on any atom is -0.379 e. The molecule has 0 saturated carbocycles. The summed E-state index contributed by atoms with van der Waals surface area (Å²) in [6.45, 7) is 7.02. The van der Waals surface area contributed by atoms with Gasteiger partial charge in [0.25, 0.3) is 0 Å². The summed E-state index contributed by atoms with van der Waals surface area (Å²) in [4.78, 5) is 6.73. The van der Waals surface area contributed by atoms with Gasteiger partial charge in [-0.05, 0) is 43.2 Å². The Morgan fingerprint density at radius 2 is 2.19 bits per heavy atom. The minimum atomic E-state index is -0.195. The molecule has 2 aliphatic heterocycles. The topological polar surface area (TPSA) is 48.9 Å². The number of thioether (sulfide) groups is 1. The first-order valence-corrected chi connectivity index (χ1v) is 10.7. The Kier molecular flexibility index (Phi) is 7.38. The Hall–Kier alpha value is -1.31. The zero-order chi connectivity index (χ0) is 19.1. The molecule has 2 unspecified atom stereocenters. The molecular weight excluding hydrogens is 363 g/mol. The normalized spacial score (nSPS) is 25.4. The summed E-state index contributed by atoms with van der Waals surface area (Å²) >= 11 is 2.03. The quantitative estimate of drug-likeness (QED) is 0.574. The molecule has 2 aliphatic rings. The van der Waals surface area contributed by atoms with Crippen molar-refractivity contribution in [1.29, 1.82) is 0 Å². The summed E-state index contributed by atoms with van der Waals surface area (Å²) in [6.07, 6.45) is 2.52. The van der Waals surface area contributed by atoms with Crippen LogP contribution in [0.3, 0.4) is 0 Å². The second-order valence-electron chi connectivity index (χ2n) is 7.43. The Balaban J connectivity index is 1.62. The van der Waals surface area contributed by atoms with Gasteiger partial charge in [-0.2, -0.15) is 11.8 Å². The number of benzene rings is 1. The number of aliphatic imine (C=N–C) groups is 1. The van der Waals surface area contributed by atoms with Gasteiger partial charge in [0.1, 0.15) is 5.82 Å². The molecule has 2 N–H and O–H groups in total. The van der Waals surface area contributed by atoms with Gasteiger partial charge in [0, 0.05) is 38.0 Å². The first kappa shape index (κ1) is 20.4. The van der Waals surface area contributed by atoms with E-state index in [2.05, 4.69) is 27.4 Å². The zero-order valence-corrected chi connectivity index (χ0v) is 17.2. The van der Waals surface area contributed by atoms with Crippen molar-refractivity contribution in [3.8, 4) is 0 Å². The summed E-state index contributed by atoms with van der Waals surface area (Å²) in [6, 6.07) is 6.99. The van der Waals surface area contributed by atoms with E-state index in [9.17, 15) is 4.39 Å². The molecule has 27 heavy (non-hydrogen) atoms. The third-order valence-corrected chi connectivity index (χ3v) is 6.87. The van der Waals surface area contributed by atoms with Gasteiger partial charge in [0.2, 0.25) is 0 Å². The van der Waals surface area contributed by atoms with Gasteiger partial charge in [0.05, 0.1) is 19.3 Å². The highest BCUT2D eigenvalue weighted by atomic mass is 32.2. The van der Waals surface area contributed by atoms with Gasteiger partial charge in [-0.25, -0.2) is 4.39 Å². The fraction of sp³-hybridized carbons (Fsp3) is 0.650. The maximum absolute atomic E-state index is 13.8. The molecule has 3 rings (SSSR count). The summed E-state index contributed by atoms with van der Waals surface area (Å²) in [5.74, 6) is 1.85. The fourth-order valence-electron chi connectivity index (χ4n) is 3.72. The van der Waals surface area contributed by atoms with Crippen LogP contribution in [0.4, 0.5) is 4.39 Å². The SMILES string of the molecule is CN=C(NCC(c1cccc(F)c1)N1CCOCC1)NCC1(C)CCCS1. The standard InChI is InChI=1S/C20H31FN4OS/c1-20(7-4-12-27-20)15-24-19(22-2)23-14-18(25-8-10-26-11-9-25)16-5-3-6-17(21)13-16/h3,5-6,13,18H,4,7-12,14-15H2,1-2H3,(H2,22,23,24). The number of ether oxygens (including phenoxy) is 1. The average molecular weight is 395 g/mol. The number of halogens is 1. The van der Waals surface area contributed by atoms with Crippen LogP contribution < -0.4 is 10.6 Å². The maximum Gasteiger partial charge on any atom is 0.191 e. The van der Waals surface area contributed by atoms with Crippen molar-refractivity contribution in [3.05, 3.63) is 35.6 Å². The summed E-state index contributed by atoms with van der Waals surface area (Å²) in [5.41, 5.74) is 0.984. The highest BCUT2D eigenvalue weighted by molar-refractivity contribution is 8.00. The number of hydrogen-bond donors (Lipinski definition) is 2. The second kappa shape index (κ2) is 9.75. The minimum absolute atomic E-state index is 0.0830. The lowest BCUT2D eigenvalue weighted by atomic mass is 10.0. The highest BCUT2D eigenvalue weighted by Crippen LogP contribution is 2.36. The molecule has 0 bridgehead atoms. The lowest BCUT2D eigenvalue weighted by molar-refractivity contribution is 0.0169. The van der Waals surface area contributed by atoms with E-state index in [1.807, 2.05) is 17.8 Å². The molecule has 2 heterocycles. The van der Waals surface area contributed by atoms with Crippen LogP contribution in [-0.2, 0) is 4.74 Å². The van der Waals surface area contributed by atoms with E-state index < -0.39 is 0 Å². The Morgan fingerprint density at radius 3 is 2.85 bits per heavy atom. The molecule has 2 fully saturated rings. The van der Waals surface area contributed by atoms with Gasteiger partial charge in [-0.3, -0.25) is 9.89 Å². The molecule has 0 amide bonds. The molecule has 1 aromatic rings. The summed E-state index contributed by atoms with van der Waals surface area (Å²) in [5, 5.41) is 6.92. The van der Waals surface area contributed by atoms with Crippen molar-refractivity contribution in [1.82, 2.24) is 15.5 Å². The second-order valence-corrected chi connectivity index (χ2v) is 9.11. The fourth-order valence-corrected chi connectivity index (χ4v) is 4.97.